The number of hydrogen-bond acceptors (Lipinski definition) is 3. The van der Waals surface area contributed by atoms with E-state index in [0.717, 1.165) is 17.1 Å². The zero-order valence-electron chi connectivity index (χ0n) is 14.0. The minimum atomic E-state index is -0.554. The van der Waals surface area contributed by atoms with E-state index >= 15 is 0 Å². The van der Waals surface area contributed by atoms with Crippen LogP contribution in [-0.4, -0.2) is 33.6 Å². The zero-order chi connectivity index (χ0) is 17.0. The summed E-state index contributed by atoms with van der Waals surface area (Å²) >= 11 is 0. The number of aliphatic hydroxyl groups excluding tert-OH is 1. The highest BCUT2D eigenvalue weighted by atomic mass is 16.3. The summed E-state index contributed by atoms with van der Waals surface area (Å²) in [5, 5.41) is 19.6. The second-order valence-corrected chi connectivity index (χ2v) is 6.04. The fraction of sp³-hybridized carbons (Fsp3) is 0.412. The topological polar surface area (TPSA) is 79.2 Å². The van der Waals surface area contributed by atoms with E-state index < -0.39 is 6.10 Å². The van der Waals surface area contributed by atoms with Crippen LogP contribution < -0.4 is 10.6 Å². The first-order chi connectivity index (χ1) is 10.9. The molecule has 0 aliphatic rings. The van der Waals surface area contributed by atoms with Crippen molar-refractivity contribution in [3.05, 3.63) is 41.7 Å². The number of amides is 2. The molecule has 0 spiro atoms. The van der Waals surface area contributed by atoms with Gasteiger partial charge in [0.2, 0.25) is 0 Å². The quantitative estimate of drug-likeness (QED) is 0.793. The summed E-state index contributed by atoms with van der Waals surface area (Å²) in [5.41, 5.74) is 3.53. The Balaban J connectivity index is 2.03. The van der Waals surface area contributed by atoms with E-state index in [1.165, 1.54) is 0 Å². The Labute approximate surface area is 136 Å². The number of carbonyl (C=O) groups is 1. The summed E-state index contributed by atoms with van der Waals surface area (Å²) in [6, 6.07) is 9.14. The van der Waals surface area contributed by atoms with Crippen LogP contribution in [0.2, 0.25) is 0 Å². The second kappa shape index (κ2) is 7.28. The Kier molecular flexibility index (Phi) is 5.39. The van der Waals surface area contributed by atoms with Gasteiger partial charge in [0.1, 0.15) is 0 Å². The van der Waals surface area contributed by atoms with E-state index in [-0.39, 0.29) is 18.5 Å². The minimum absolute atomic E-state index is 0.102. The Morgan fingerprint density at radius 1 is 1.30 bits per heavy atom. The number of aliphatic hydroxyl groups is 1. The van der Waals surface area contributed by atoms with Crippen LogP contribution in [0.4, 0.5) is 10.5 Å². The van der Waals surface area contributed by atoms with Crippen molar-refractivity contribution in [3.8, 4) is 5.69 Å². The van der Waals surface area contributed by atoms with Gasteiger partial charge in [0.25, 0.3) is 0 Å². The van der Waals surface area contributed by atoms with Crippen LogP contribution in [0.1, 0.15) is 25.2 Å². The third kappa shape index (κ3) is 4.56. The molecule has 2 amide bonds. The number of aromatic nitrogens is 2. The number of rotatable bonds is 5. The van der Waals surface area contributed by atoms with E-state index in [0.29, 0.717) is 5.69 Å². The molecule has 0 fully saturated rings. The third-order valence-electron chi connectivity index (χ3n) is 3.60. The molecule has 1 atom stereocenters. The van der Waals surface area contributed by atoms with Crippen LogP contribution >= 0.6 is 0 Å². The molecular weight excluding hydrogens is 292 g/mol. The summed E-state index contributed by atoms with van der Waals surface area (Å²) in [6.07, 6.45) is -0.554. The first-order valence-electron chi connectivity index (χ1n) is 7.73. The van der Waals surface area contributed by atoms with Crippen LogP contribution in [-0.2, 0) is 0 Å². The zero-order valence-corrected chi connectivity index (χ0v) is 14.0. The summed E-state index contributed by atoms with van der Waals surface area (Å²) in [7, 11) is 0. The lowest BCUT2D eigenvalue weighted by molar-refractivity contribution is 0.126. The molecule has 3 N–H and O–H groups in total. The maximum Gasteiger partial charge on any atom is 0.319 e. The van der Waals surface area contributed by atoms with Gasteiger partial charge in [-0.1, -0.05) is 19.9 Å². The van der Waals surface area contributed by atoms with Crippen molar-refractivity contribution in [2.45, 2.75) is 33.8 Å². The van der Waals surface area contributed by atoms with Crippen LogP contribution in [0.25, 0.3) is 5.69 Å². The molecular formula is C17H24N4O2. The fourth-order valence-electron chi connectivity index (χ4n) is 2.21. The molecule has 6 heteroatoms. The second-order valence-electron chi connectivity index (χ2n) is 6.04. The Morgan fingerprint density at radius 2 is 2.04 bits per heavy atom. The van der Waals surface area contributed by atoms with Crippen molar-refractivity contribution in [3.63, 3.8) is 0 Å². The van der Waals surface area contributed by atoms with Crippen LogP contribution in [0, 0.1) is 19.8 Å². The normalized spacial score (nSPS) is 12.3. The number of aryl methyl sites for hydroxylation is 2. The van der Waals surface area contributed by atoms with Crippen molar-refractivity contribution >= 4 is 11.7 Å². The first-order valence-corrected chi connectivity index (χ1v) is 7.73. The van der Waals surface area contributed by atoms with Crippen molar-refractivity contribution in [2.75, 3.05) is 11.9 Å². The molecule has 0 aliphatic carbocycles. The van der Waals surface area contributed by atoms with Gasteiger partial charge in [-0.15, -0.1) is 0 Å². The molecule has 124 valence electrons. The predicted octanol–water partition coefficient (Wildman–Crippen LogP) is 2.63. The van der Waals surface area contributed by atoms with E-state index in [9.17, 15) is 9.90 Å². The fourth-order valence-corrected chi connectivity index (χ4v) is 2.21. The lowest BCUT2D eigenvalue weighted by atomic mass is 10.1. The van der Waals surface area contributed by atoms with Gasteiger partial charge in [-0.3, -0.25) is 0 Å². The van der Waals surface area contributed by atoms with Gasteiger partial charge in [0.05, 0.1) is 17.5 Å². The number of nitrogens with zero attached hydrogens (tertiary/aromatic N) is 2. The third-order valence-corrected chi connectivity index (χ3v) is 3.60. The molecule has 0 radical (unpaired) electrons. The predicted molar refractivity (Wildman–Crippen MR) is 90.9 cm³/mol. The summed E-state index contributed by atoms with van der Waals surface area (Å²) in [5.74, 6) is 0.102. The Hall–Kier alpha value is -2.34. The van der Waals surface area contributed by atoms with Crippen molar-refractivity contribution in [1.82, 2.24) is 15.1 Å². The number of benzene rings is 1. The molecule has 0 bridgehead atoms. The van der Waals surface area contributed by atoms with Crippen molar-refractivity contribution < 1.29 is 9.90 Å². The molecule has 0 unspecified atom stereocenters. The summed E-state index contributed by atoms with van der Waals surface area (Å²) in [4.78, 5) is 11.9. The standard InChI is InChI=1S/C17H24N4O2/c1-11(2)16(22)10-18-17(23)19-14-6-5-7-15(9-14)21-13(4)8-12(3)20-21/h5-9,11,16,22H,10H2,1-4H3,(H2,18,19,23)/t16-/m1/s1. The van der Waals surface area contributed by atoms with E-state index in [2.05, 4.69) is 15.7 Å². The molecule has 0 saturated heterocycles. The van der Waals surface area contributed by atoms with Crippen LogP contribution in [0.5, 0.6) is 0 Å². The first kappa shape index (κ1) is 17.0. The molecule has 23 heavy (non-hydrogen) atoms. The molecule has 2 rings (SSSR count). The van der Waals surface area contributed by atoms with Gasteiger partial charge >= 0.3 is 6.03 Å². The Morgan fingerprint density at radius 3 is 2.65 bits per heavy atom. The largest absolute Gasteiger partial charge is 0.391 e. The molecule has 1 aromatic heterocycles. The molecule has 1 aromatic carbocycles. The van der Waals surface area contributed by atoms with Gasteiger partial charge in [0.15, 0.2) is 0 Å². The van der Waals surface area contributed by atoms with E-state index in [4.69, 9.17) is 0 Å². The maximum atomic E-state index is 11.9. The molecule has 6 nitrogen and oxygen atoms in total. The molecule has 0 aliphatic heterocycles. The van der Waals surface area contributed by atoms with E-state index in [1.54, 1.807) is 0 Å². The van der Waals surface area contributed by atoms with Crippen LogP contribution in [0.15, 0.2) is 30.3 Å². The summed E-state index contributed by atoms with van der Waals surface area (Å²) < 4.78 is 1.83. The van der Waals surface area contributed by atoms with Gasteiger partial charge in [-0.05, 0) is 44.0 Å². The highest BCUT2D eigenvalue weighted by Crippen LogP contribution is 2.16. The molecule has 0 saturated carbocycles. The number of nitrogens with one attached hydrogen (secondary N) is 2. The molecule has 1 heterocycles. The van der Waals surface area contributed by atoms with Crippen molar-refractivity contribution in [1.29, 1.82) is 0 Å². The smallest absolute Gasteiger partial charge is 0.319 e. The molecule has 2 aromatic rings. The minimum Gasteiger partial charge on any atom is -0.391 e. The maximum absolute atomic E-state index is 11.9. The number of urea groups is 1. The number of hydrogen-bond donors (Lipinski definition) is 3. The number of carbonyl (C=O) groups excluding carboxylic acids is 1. The van der Waals surface area contributed by atoms with Gasteiger partial charge < -0.3 is 15.7 Å². The lowest BCUT2D eigenvalue weighted by Crippen LogP contribution is -2.37. The highest BCUT2D eigenvalue weighted by molar-refractivity contribution is 5.89. The SMILES string of the molecule is Cc1cc(C)n(-c2cccc(NC(=O)NC[C@@H](O)C(C)C)c2)n1. The highest BCUT2D eigenvalue weighted by Gasteiger charge is 2.11. The van der Waals surface area contributed by atoms with E-state index in [1.807, 2.05) is 62.7 Å². The van der Waals surface area contributed by atoms with Gasteiger partial charge in [-0.2, -0.15) is 5.10 Å². The lowest BCUT2D eigenvalue weighted by Gasteiger charge is -2.15. The van der Waals surface area contributed by atoms with Crippen molar-refractivity contribution in [2.24, 2.45) is 5.92 Å². The monoisotopic (exact) mass is 316 g/mol. The van der Waals surface area contributed by atoms with Gasteiger partial charge in [0, 0.05) is 17.9 Å². The van der Waals surface area contributed by atoms with Crippen LogP contribution in [0.3, 0.4) is 0 Å². The average Bonchev–Trinajstić information content (AvgIpc) is 2.83. The number of anilines is 1. The Bertz CT molecular complexity index is 679. The van der Waals surface area contributed by atoms with Gasteiger partial charge in [-0.25, -0.2) is 9.48 Å². The summed E-state index contributed by atoms with van der Waals surface area (Å²) in [6.45, 7) is 7.96. The average molecular weight is 316 g/mol.